The van der Waals surface area contributed by atoms with Gasteiger partial charge in [-0.1, -0.05) is 35.9 Å². The van der Waals surface area contributed by atoms with Gasteiger partial charge in [-0.3, -0.25) is 14.3 Å². The maximum Gasteiger partial charge on any atom is 0.303 e. The molecular weight excluding hydrogens is 458 g/mol. The van der Waals surface area contributed by atoms with Crippen LogP contribution >= 0.6 is 0 Å². The first-order valence-corrected chi connectivity index (χ1v) is 12.1. The van der Waals surface area contributed by atoms with Crippen LogP contribution in [0.3, 0.4) is 0 Å². The van der Waals surface area contributed by atoms with Crippen LogP contribution in [0.15, 0.2) is 81.3 Å². The van der Waals surface area contributed by atoms with Crippen molar-refractivity contribution < 1.29 is 27.5 Å². The van der Waals surface area contributed by atoms with Gasteiger partial charge in [0.25, 0.3) is 10.0 Å². The molecule has 0 spiro atoms. The second-order valence-electron chi connectivity index (χ2n) is 7.88. The molecule has 176 valence electrons. The van der Waals surface area contributed by atoms with Crippen molar-refractivity contribution in [1.29, 1.82) is 0 Å². The number of carbonyl (C=O) groups excluding carboxylic acids is 1. The fraction of sp³-hybridized carbons (Fsp3) is 0.208. The Labute approximate surface area is 196 Å². The van der Waals surface area contributed by atoms with Gasteiger partial charge in [-0.2, -0.15) is 5.10 Å². The molecule has 0 bridgehead atoms. The van der Waals surface area contributed by atoms with Gasteiger partial charge in [-0.05, 0) is 37.3 Å². The molecule has 3 aromatic rings. The van der Waals surface area contributed by atoms with Crippen molar-refractivity contribution in [2.24, 2.45) is 5.10 Å². The molecule has 2 N–H and O–H groups in total. The number of para-hydroxylation sites is 1. The third-order valence-corrected chi connectivity index (χ3v) is 6.79. The van der Waals surface area contributed by atoms with E-state index in [0.29, 0.717) is 22.7 Å². The monoisotopic (exact) mass is 481 g/mol. The highest BCUT2D eigenvalue weighted by Gasteiger charge is 2.35. The summed E-state index contributed by atoms with van der Waals surface area (Å²) in [5.41, 5.74) is 2.26. The first-order valence-electron chi connectivity index (χ1n) is 10.6. The average Bonchev–Trinajstić information content (AvgIpc) is 3.48. The van der Waals surface area contributed by atoms with Crippen molar-refractivity contribution in [3.8, 4) is 0 Å². The number of hydrogen-bond donors (Lipinski definition) is 2. The topological polar surface area (TPSA) is 129 Å². The van der Waals surface area contributed by atoms with Crippen LogP contribution in [-0.4, -0.2) is 36.1 Å². The molecule has 0 aliphatic carbocycles. The number of carboxylic acids is 1. The lowest BCUT2D eigenvalue weighted by Crippen LogP contribution is -2.27. The summed E-state index contributed by atoms with van der Waals surface area (Å²) in [4.78, 5) is 23.8. The molecule has 1 aliphatic heterocycles. The number of sulfonamides is 1. The molecule has 4 rings (SSSR count). The second-order valence-corrected chi connectivity index (χ2v) is 9.56. The minimum absolute atomic E-state index is 0.125. The van der Waals surface area contributed by atoms with E-state index in [-0.39, 0.29) is 24.2 Å². The third-order valence-electron chi connectivity index (χ3n) is 5.40. The fourth-order valence-electron chi connectivity index (χ4n) is 3.68. The molecular formula is C24H23N3O6S. The predicted octanol–water partition coefficient (Wildman–Crippen LogP) is 3.93. The molecule has 0 unspecified atom stereocenters. The molecule has 0 saturated heterocycles. The van der Waals surface area contributed by atoms with Gasteiger partial charge >= 0.3 is 5.97 Å². The van der Waals surface area contributed by atoms with Gasteiger partial charge in [0, 0.05) is 18.4 Å². The Kier molecular flexibility index (Phi) is 6.51. The summed E-state index contributed by atoms with van der Waals surface area (Å²) in [6, 6.07) is 16.1. The highest BCUT2D eigenvalue weighted by Crippen LogP contribution is 2.35. The van der Waals surface area contributed by atoms with Crippen LogP contribution in [0.2, 0.25) is 0 Å². The van der Waals surface area contributed by atoms with E-state index in [1.807, 2.05) is 6.92 Å². The van der Waals surface area contributed by atoms with Crippen LogP contribution in [0.4, 0.5) is 5.69 Å². The van der Waals surface area contributed by atoms with E-state index < -0.39 is 27.9 Å². The van der Waals surface area contributed by atoms with Gasteiger partial charge < -0.3 is 9.52 Å². The van der Waals surface area contributed by atoms with Gasteiger partial charge in [0.05, 0.1) is 29.0 Å². The molecule has 1 atom stereocenters. The zero-order valence-electron chi connectivity index (χ0n) is 18.3. The summed E-state index contributed by atoms with van der Waals surface area (Å²) in [6.07, 6.45) is 1.22. The minimum Gasteiger partial charge on any atom is -0.481 e. The lowest BCUT2D eigenvalue weighted by atomic mass is 10.0. The maximum atomic E-state index is 13.0. The molecule has 2 aromatic carbocycles. The first-order chi connectivity index (χ1) is 16.2. The van der Waals surface area contributed by atoms with E-state index in [1.54, 1.807) is 48.5 Å². The average molecular weight is 482 g/mol. The molecule has 10 heteroatoms. The van der Waals surface area contributed by atoms with Gasteiger partial charge in [0.2, 0.25) is 5.91 Å². The van der Waals surface area contributed by atoms with Crippen LogP contribution in [0, 0.1) is 6.92 Å². The van der Waals surface area contributed by atoms with Gasteiger partial charge in [-0.15, -0.1) is 0 Å². The minimum atomic E-state index is -3.86. The quantitative estimate of drug-likeness (QED) is 0.501. The lowest BCUT2D eigenvalue weighted by Gasteiger charge is -2.19. The smallest absolute Gasteiger partial charge is 0.303 e. The molecule has 2 heterocycles. The van der Waals surface area contributed by atoms with E-state index in [2.05, 4.69) is 9.82 Å². The van der Waals surface area contributed by atoms with E-state index >= 15 is 0 Å². The number of anilines is 1. The van der Waals surface area contributed by atoms with Crippen LogP contribution in [-0.2, 0) is 19.6 Å². The maximum absolute atomic E-state index is 13.0. The van der Waals surface area contributed by atoms with Crippen molar-refractivity contribution in [1.82, 2.24) is 5.01 Å². The number of carboxylic acid groups (broad SMARTS) is 1. The molecule has 1 aliphatic rings. The lowest BCUT2D eigenvalue weighted by molar-refractivity contribution is -0.141. The SMILES string of the molecule is Cc1ccc(S(=O)(=O)Nc2ccccc2C2=NN(C(=O)CCC(=O)O)[C@@H](c3ccco3)C2)cc1. The number of aryl methyl sites for hydroxylation is 1. The molecule has 1 aromatic heterocycles. The Hall–Kier alpha value is -3.92. The standard InChI is InChI=1S/C24H23N3O6S/c1-16-8-10-17(11-9-16)34(31,32)26-19-6-3-2-5-18(19)20-15-21(22-7-4-14-33-22)27(25-20)23(28)12-13-24(29)30/h2-11,14,21,26H,12-13,15H2,1H3,(H,29,30)/t21-/m1/s1. The van der Waals surface area contributed by atoms with Crippen molar-refractivity contribution in [3.63, 3.8) is 0 Å². The molecule has 0 saturated carbocycles. The van der Waals surface area contributed by atoms with E-state index in [9.17, 15) is 18.0 Å². The summed E-state index contributed by atoms with van der Waals surface area (Å²) in [6.45, 7) is 1.87. The molecule has 0 radical (unpaired) electrons. The van der Waals surface area contributed by atoms with Crippen molar-refractivity contribution >= 4 is 33.3 Å². The Balaban J connectivity index is 1.66. The Morgan fingerprint density at radius 2 is 1.82 bits per heavy atom. The summed E-state index contributed by atoms with van der Waals surface area (Å²) in [7, 11) is -3.86. The van der Waals surface area contributed by atoms with Crippen molar-refractivity contribution in [2.75, 3.05) is 4.72 Å². The molecule has 1 amide bonds. The van der Waals surface area contributed by atoms with Gasteiger partial charge in [0.1, 0.15) is 11.8 Å². The van der Waals surface area contributed by atoms with Gasteiger partial charge in [0.15, 0.2) is 0 Å². The predicted molar refractivity (Wildman–Crippen MR) is 125 cm³/mol. The highest BCUT2D eigenvalue weighted by atomic mass is 32.2. The van der Waals surface area contributed by atoms with Crippen molar-refractivity contribution in [2.45, 2.75) is 37.1 Å². The second kappa shape index (κ2) is 9.52. The zero-order chi connectivity index (χ0) is 24.3. The largest absolute Gasteiger partial charge is 0.481 e. The Morgan fingerprint density at radius 1 is 1.09 bits per heavy atom. The summed E-state index contributed by atoms with van der Waals surface area (Å²) >= 11 is 0. The van der Waals surface area contributed by atoms with E-state index in [1.165, 1.54) is 23.4 Å². The van der Waals surface area contributed by atoms with Crippen molar-refractivity contribution in [3.05, 3.63) is 83.8 Å². The van der Waals surface area contributed by atoms with Crippen LogP contribution in [0.25, 0.3) is 0 Å². The third kappa shape index (κ3) is 5.01. The highest BCUT2D eigenvalue weighted by molar-refractivity contribution is 7.92. The number of amides is 1. The number of hydrogen-bond acceptors (Lipinski definition) is 6. The number of nitrogens with zero attached hydrogens (tertiary/aromatic N) is 2. The fourth-order valence-corrected chi connectivity index (χ4v) is 4.76. The Bertz CT molecular complexity index is 1330. The van der Waals surface area contributed by atoms with Crippen LogP contribution in [0.5, 0.6) is 0 Å². The van der Waals surface area contributed by atoms with Crippen LogP contribution < -0.4 is 4.72 Å². The molecule has 34 heavy (non-hydrogen) atoms. The van der Waals surface area contributed by atoms with Crippen LogP contribution in [0.1, 0.15) is 42.2 Å². The number of carbonyl (C=O) groups is 2. The van der Waals surface area contributed by atoms with E-state index in [4.69, 9.17) is 9.52 Å². The zero-order valence-corrected chi connectivity index (χ0v) is 19.2. The number of benzene rings is 2. The normalized spacial score (nSPS) is 15.7. The number of furan rings is 1. The Morgan fingerprint density at radius 3 is 2.50 bits per heavy atom. The summed E-state index contributed by atoms with van der Waals surface area (Å²) in [5, 5.41) is 14.6. The first kappa shape index (κ1) is 23.2. The number of hydrazone groups is 1. The number of aliphatic carboxylic acids is 1. The van der Waals surface area contributed by atoms with E-state index in [0.717, 1.165) is 5.56 Å². The van der Waals surface area contributed by atoms with Gasteiger partial charge in [-0.25, -0.2) is 13.4 Å². The number of nitrogens with one attached hydrogen (secondary N) is 1. The molecule has 0 fully saturated rings. The number of rotatable bonds is 8. The summed E-state index contributed by atoms with van der Waals surface area (Å²) < 4.78 is 34.0. The summed E-state index contributed by atoms with van der Waals surface area (Å²) in [5.74, 6) is -1.04. The molecule has 9 nitrogen and oxygen atoms in total.